The molecule has 2 saturated heterocycles. The zero-order valence-corrected chi connectivity index (χ0v) is 29.6. The first kappa shape index (κ1) is 29.6. The first-order valence-corrected chi connectivity index (χ1v) is 23.8. The van der Waals surface area contributed by atoms with Gasteiger partial charge in [-0.3, -0.25) is 0 Å². The molecule has 44 heavy (non-hydrogen) atoms. The number of carbonyl (C=O) groups excluding carboxylic acids is 1. The fourth-order valence-electron chi connectivity index (χ4n) is 7.97. The van der Waals surface area contributed by atoms with Crippen LogP contribution in [0.15, 0.2) is 115 Å². The predicted octanol–water partition coefficient (Wildman–Crippen LogP) is 7.40. The summed E-state index contributed by atoms with van der Waals surface area (Å²) < 4.78 is 9.18. The quantitative estimate of drug-likeness (QED) is 0.163. The molecule has 1 N–H and O–H groups in total. The maximum atomic E-state index is 14.6. The van der Waals surface area contributed by atoms with Crippen LogP contribution in [0.4, 0.5) is 0 Å². The van der Waals surface area contributed by atoms with Gasteiger partial charge in [0.25, 0.3) is 0 Å². The van der Waals surface area contributed by atoms with E-state index in [-0.39, 0.29) is 11.9 Å². The topological polar surface area (TPSA) is 51.2 Å². The standard InChI is InChI=1S/C38H38N2O2P.In/c1-5-27(2)28(3)20-22-36(32-24-25-39-35-23-21-29(42-4)26-34(32)35)40-38(41)33-18-12-13-19-37(33)43(30-14-8-6-9-15-30)31-16-10-7-11-17-31;/h6-19,21-28,36H,2-3,5,20H2,1,4H3,(H,40,41);/t27-,28+,36+;/m1./s1. The van der Waals surface area contributed by atoms with Crippen LogP contribution >= 0.6 is 7.92 Å². The molecule has 7 rings (SSSR count). The molecule has 5 aromatic rings. The summed E-state index contributed by atoms with van der Waals surface area (Å²) in [5.41, 5.74) is 2.91. The van der Waals surface area contributed by atoms with Crippen LogP contribution < -0.4 is 26.0 Å². The summed E-state index contributed by atoms with van der Waals surface area (Å²) in [5.74, 6) is 2.59. The molecule has 1 aromatic heterocycles. The Morgan fingerprint density at radius 3 is 2.30 bits per heavy atom. The molecular formula is C38H38InN2O2P. The zero-order valence-electron chi connectivity index (χ0n) is 25.4. The number of ether oxygens (including phenoxy) is 1. The van der Waals surface area contributed by atoms with Gasteiger partial charge in [0, 0.05) is 0 Å². The van der Waals surface area contributed by atoms with Gasteiger partial charge in [-0.05, 0) is 0 Å². The number of fused-ring (bicyclic) bond motifs is 3. The molecule has 4 aromatic carbocycles. The van der Waals surface area contributed by atoms with E-state index < -0.39 is 29.4 Å². The Bertz CT molecular complexity index is 1730. The molecule has 2 bridgehead atoms. The van der Waals surface area contributed by atoms with Crippen molar-refractivity contribution in [3.8, 4) is 5.75 Å². The number of benzene rings is 4. The Labute approximate surface area is 269 Å². The van der Waals surface area contributed by atoms with Gasteiger partial charge in [-0.1, -0.05) is 0 Å². The molecule has 0 saturated carbocycles. The third-order valence-corrected chi connectivity index (χ3v) is 24.8. The molecule has 1 amide bonds. The van der Waals surface area contributed by atoms with Crippen LogP contribution in [0.3, 0.4) is 0 Å². The average Bonchev–Trinajstić information content (AvgIpc) is 3.69. The van der Waals surface area contributed by atoms with Crippen molar-refractivity contribution >= 4 is 62.1 Å². The Balaban J connectivity index is 1.31. The molecule has 220 valence electrons. The van der Waals surface area contributed by atoms with E-state index >= 15 is 0 Å². The van der Waals surface area contributed by atoms with Gasteiger partial charge < -0.3 is 0 Å². The van der Waals surface area contributed by atoms with Gasteiger partial charge in [0.1, 0.15) is 0 Å². The molecule has 2 aliphatic rings. The second-order valence-electron chi connectivity index (χ2n) is 12.3. The summed E-state index contributed by atoms with van der Waals surface area (Å²) in [4.78, 5) is 19.3. The van der Waals surface area contributed by atoms with Crippen molar-refractivity contribution in [3.63, 3.8) is 0 Å². The number of nitrogens with one attached hydrogen (secondary N) is 1. The number of nitrogens with zero attached hydrogens (tertiary/aromatic N) is 1. The van der Waals surface area contributed by atoms with Crippen molar-refractivity contribution in [2.24, 2.45) is 11.8 Å². The molecule has 6 heteroatoms. The third-order valence-electron chi connectivity index (χ3n) is 10.0. The van der Waals surface area contributed by atoms with E-state index in [1.54, 1.807) is 7.11 Å². The zero-order chi connectivity index (χ0) is 30.0. The summed E-state index contributed by atoms with van der Waals surface area (Å²) in [7, 11) is 0.800. The number of hydrogen-bond acceptors (Lipinski definition) is 3. The summed E-state index contributed by atoms with van der Waals surface area (Å²) >= 11 is -1.90. The van der Waals surface area contributed by atoms with Crippen LogP contribution in [0, 0.1) is 11.8 Å². The van der Waals surface area contributed by atoms with E-state index in [0.717, 1.165) is 39.4 Å². The normalized spacial score (nSPS) is 19.8. The average molecular weight is 701 g/mol. The van der Waals surface area contributed by atoms with Crippen LogP contribution in [0.2, 0.25) is 12.0 Å². The minimum atomic E-state index is -1.90. The Hall–Kier alpha value is -3.14. The van der Waals surface area contributed by atoms with Crippen LogP contribution in [0.1, 0.15) is 41.7 Å². The molecule has 4 atom stereocenters. The van der Waals surface area contributed by atoms with Gasteiger partial charge in [-0.25, -0.2) is 0 Å². The van der Waals surface area contributed by atoms with E-state index in [0.29, 0.717) is 3.67 Å². The van der Waals surface area contributed by atoms with Crippen molar-refractivity contribution in [1.29, 1.82) is 0 Å². The molecule has 3 heterocycles. The SMILES string of the molecule is CC[C@H]1[CH2][In]2[CH2][C@H]1C[C@H]2[C@H](NC(=O)c1ccccc1P(c1ccccc1)c1ccccc1)c1ccnc2ccc(OC)cc12. The summed E-state index contributed by atoms with van der Waals surface area (Å²) in [6.45, 7) is 2.36. The Morgan fingerprint density at radius 2 is 1.64 bits per heavy atom. The molecule has 0 radical (unpaired) electrons. The van der Waals surface area contributed by atoms with Crippen molar-refractivity contribution in [2.45, 2.75) is 37.8 Å². The first-order valence-electron chi connectivity index (χ1n) is 15.9. The van der Waals surface area contributed by atoms with Gasteiger partial charge in [0.05, 0.1) is 0 Å². The fourth-order valence-corrected chi connectivity index (χ4v) is 25.6. The van der Waals surface area contributed by atoms with Crippen LogP contribution in [0.25, 0.3) is 10.9 Å². The van der Waals surface area contributed by atoms with Crippen LogP contribution in [-0.4, -0.2) is 39.4 Å². The molecule has 0 unspecified atom stereocenters. The van der Waals surface area contributed by atoms with Crippen molar-refractivity contribution in [2.75, 3.05) is 7.11 Å². The monoisotopic (exact) mass is 700 g/mol. The van der Waals surface area contributed by atoms with E-state index in [9.17, 15) is 4.79 Å². The molecule has 2 aliphatic heterocycles. The van der Waals surface area contributed by atoms with Crippen molar-refractivity contribution < 1.29 is 9.53 Å². The summed E-state index contributed by atoms with van der Waals surface area (Å²) in [6.07, 6.45) is 4.46. The van der Waals surface area contributed by atoms with E-state index in [1.165, 1.54) is 37.4 Å². The number of carbonyl (C=O) groups is 1. The van der Waals surface area contributed by atoms with Crippen molar-refractivity contribution in [1.82, 2.24) is 10.3 Å². The van der Waals surface area contributed by atoms with Crippen LogP contribution in [0.5, 0.6) is 5.75 Å². The number of rotatable bonds is 9. The van der Waals surface area contributed by atoms with Gasteiger partial charge in [-0.15, -0.1) is 0 Å². The molecule has 2 fully saturated rings. The Kier molecular flexibility index (Phi) is 8.78. The number of aromatic nitrogens is 1. The predicted molar refractivity (Wildman–Crippen MR) is 185 cm³/mol. The van der Waals surface area contributed by atoms with E-state index in [4.69, 9.17) is 9.72 Å². The van der Waals surface area contributed by atoms with Gasteiger partial charge in [0.2, 0.25) is 0 Å². The first-order chi connectivity index (χ1) is 21.6. The summed E-state index contributed by atoms with van der Waals surface area (Å²) in [5, 5.41) is 8.36. The second-order valence-corrected chi connectivity index (χ2v) is 24.0. The fraction of sp³-hybridized carbons (Fsp3) is 0.263. The molecule has 0 spiro atoms. The van der Waals surface area contributed by atoms with Crippen LogP contribution in [-0.2, 0) is 0 Å². The third kappa shape index (κ3) is 5.70. The maximum absolute atomic E-state index is 14.6. The summed E-state index contributed by atoms with van der Waals surface area (Å²) in [6, 6.07) is 37.8. The molecular weight excluding hydrogens is 662 g/mol. The van der Waals surface area contributed by atoms with E-state index in [1.807, 2.05) is 30.5 Å². The number of methoxy groups -OCH3 is 1. The molecule has 4 nitrogen and oxygen atoms in total. The second kappa shape index (κ2) is 13.1. The van der Waals surface area contributed by atoms with Gasteiger partial charge in [-0.2, -0.15) is 0 Å². The minimum absolute atomic E-state index is 0.0172. The van der Waals surface area contributed by atoms with Gasteiger partial charge in [0.15, 0.2) is 0 Å². The molecule has 0 aliphatic carbocycles. The number of amides is 1. The Morgan fingerprint density at radius 1 is 0.932 bits per heavy atom. The van der Waals surface area contributed by atoms with E-state index in [2.05, 4.69) is 97.2 Å². The van der Waals surface area contributed by atoms with Crippen molar-refractivity contribution in [3.05, 3.63) is 127 Å². The number of pyridine rings is 1. The number of hydrogen-bond donors (Lipinski definition) is 1. The van der Waals surface area contributed by atoms with Gasteiger partial charge >= 0.3 is 271 Å².